The van der Waals surface area contributed by atoms with Crippen LogP contribution in [0.4, 0.5) is 15.0 Å². The van der Waals surface area contributed by atoms with E-state index in [4.69, 9.17) is 14.2 Å². The van der Waals surface area contributed by atoms with Crippen LogP contribution >= 0.6 is 0 Å². The Labute approximate surface area is 257 Å². The van der Waals surface area contributed by atoms with Crippen LogP contribution in [0.25, 0.3) is 22.4 Å². The molecule has 5 rings (SSSR count). The number of aromatic nitrogens is 3. The highest BCUT2D eigenvalue weighted by Gasteiger charge is 2.59. The Morgan fingerprint density at radius 1 is 1.07 bits per heavy atom. The van der Waals surface area contributed by atoms with Crippen LogP contribution in [0.2, 0.25) is 0 Å². The van der Waals surface area contributed by atoms with Crippen molar-refractivity contribution < 1.29 is 23.4 Å². The van der Waals surface area contributed by atoms with Crippen LogP contribution in [0.5, 0.6) is 5.75 Å². The van der Waals surface area contributed by atoms with Crippen LogP contribution in [0, 0.1) is 5.82 Å². The number of methoxy groups -OCH3 is 1. The standard InChI is InChI=1S/C33H42FN5O5/c1-31(2,3)44-30(41)39-32(4)12-13-33(39,5)19-22(18-32)38(7)28-10-9-26(35-36-28)24-16-25(34)23(17-27(24)43-20-42-8)21-11-14-37(6)29(40)15-21/h9-11,14-17,22H,12-13,18-20H2,1-8H3/t22?,32-,33+. The molecule has 10 nitrogen and oxygen atoms in total. The van der Waals surface area contributed by atoms with E-state index >= 15 is 4.39 Å². The first-order valence-corrected chi connectivity index (χ1v) is 14.9. The van der Waals surface area contributed by atoms with Crippen LogP contribution in [-0.2, 0) is 16.5 Å². The van der Waals surface area contributed by atoms with Gasteiger partial charge >= 0.3 is 6.09 Å². The van der Waals surface area contributed by atoms with Crippen molar-refractivity contribution in [2.24, 2.45) is 7.05 Å². The highest BCUT2D eigenvalue weighted by Crippen LogP contribution is 2.52. The smallest absolute Gasteiger partial charge is 0.411 e. The summed E-state index contributed by atoms with van der Waals surface area (Å²) in [5, 5.41) is 8.98. The number of benzene rings is 1. The van der Waals surface area contributed by atoms with Gasteiger partial charge in [0, 0.05) is 61.7 Å². The van der Waals surface area contributed by atoms with E-state index in [2.05, 4.69) is 28.9 Å². The van der Waals surface area contributed by atoms with Crippen molar-refractivity contribution in [2.75, 3.05) is 25.9 Å². The molecule has 2 aromatic heterocycles. The van der Waals surface area contributed by atoms with E-state index in [0.717, 1.165) is 25.7 Å². The molecule has 1 unspecified atom stereocenters. The zero-order valence-corrected chi connectivity index (χ0v) is 26.8. The molecule has 0 spiro atoms. The summed E-state index contributed by atoms with van der Waals surface area (Å²) >= 11 is 0. The number of piperidine rings is 1. The minimum atomic E-state index is -0.563. The monoisotopic (exact) mass is 607 g/mol. The quantitative estimate of drug-likeness (QED) is 0.312. The number of rotatable bonds is 7. The Morgan fingerprint density at radius 3 is 2.32 bits per heavy atom. The summed E-state index contributed by atoms with van der Waals surface area (Å²) in [7, 11) is 5.13. The fraction of sp³-hybridized carbons (Fsp3) is 0.515. The van der Waals surface area contributed by atoms with Gasteiger partial charge in [-0.3, -0.25) is 9.69 Å². The maximum Gasteiger partial charge on any atom is 0.411 e. The number of carbonyl (C=O) groups is 1. The van der Waals surface area contributed by atoms with Gasteiger partial charge in [-0.1, -0.05) is 0 Å². The van der Waals surface area contributed by atoms with E-state index in [0.29, 0.717) is 28.4 Å². The number of carbonyl (C=O) groups excluding carboxylic acids is 1. The lowest BCUT2D eigenvalue weighted by atomic mass is 9.82. The lowest BCUT2D eigenvalue weighted by Gasteiger charge is -2.52. The highest BCUT2D eigenvalue weighted by molar-refractivity contribution is 5.75. The van der Waals surface area contributed by atoms with Gasteiger partial charge in [0.1, 0.15) is 17.2 Å². The van der Waals surface area contributed by atoms with Crippen LogP contribution in [0.1, 0.15) is 60.3 Å². The molecule has 44 heavy (non-hydrogen) atoms. The molecule has 3 aromatic rings. The first-order chi connectivity index (χ1) is 20.6. The maximum absolute atomic E-state index is 15.4. The van der Waals surface area contributed by atoms with Crippen molar-refractivity contribution in [3.8, 4) is 28.1 Å². The van der Waals surface area contributed by atoms with Crippen LogP contribution in [0.15, 0.2) is 47.4 Å². The molecule has 1 aromatic carbocycles. The molecule has 1 amide bonds. The number of hydrogen-bond donors (Lipinski definition) is 0. The second kappa shape index (κ2) is 11.5. The molecule has 2 saturated heterocycles. The average molecular weight is 608 g/mol. The molecule has 2 aliphatic rings. The first kappa shape index (κ1) is 31.4. The number of fused-ring (bicyclic) bond motifs is 2. The lowest BCUT2D eigenvalue weighted by molar-refractivity contribution is -0.0357. The topological polar surface area (TPSA) is 99.0 Å². The fourth-order valence-electron chi connectivity index (χ4n) is 6.69. The SMILES string of the molecule is COCOc1cc(-c2ccn(C)c(=O)c2)c(F)cc1-c1ccc(N(C)C2C[C@]3(C)CC[C@](C)(C2)N3C(=O)OC(C)(C)C)nn1. The van der Waals surface area contributed by atoms with Gasteiger partial charge in [-0.25, -0.2) is 9.18 Å². The number of hydrogen-bond acceptors (Lipinski definition) is 8. The minimum absolute atomic E-state index is 0.0532. The van der Waals surface area contributed by atoms with Crippen molar-refractivity contribution in [1.29, 1.82) is 0 Å². The molecule has 0 radical (unpaired) electrons. The molecule has 0 N–H and O–H groups in total. The second-order valence-electron chi connectivity index (χ2n) is 13.5. The highest BCUT2D eigenvalue weighted by atomic mass is 19.1. The van der Waals surface area contributed by atoms with E-state index in [1.165, 1.54) is 23.8 Å². The summed E-state index contributed by atoms with van der Waals surface area (Å²) < 4.78 is 33.6. The summed E-state index contributed by atoms with van der Waals surface area (Å²) in [6, 6.07) is 9.73. The molecule has 2 aliphatic heterocycles. The number of halogens is 1. The van der Waals surface area contributed by atoms with Crippen molar-refractivity contribution in [3.05, 3.63) is 58.8 Å². The van der Waals surface area contributed by atoms with Crippen LogP contribution in [0.3, 0.4) is 0 Å². The number of anilines is 1. The molecule has 4 heterocycles. The zero-order chi connectivity index (χ0) is 32.0. The summed E-state index contributed by atoms with van der Waals surface area (Å²) in [5.74, 6) is 0.508. The number of amides is 1. The average Bonchev–Trinajstić information content (AvgIpc) is 3.13. The van der Waals surface area contributed by atoms with E-state index in [9.17, 15) is 9.59 Å². The number of ether oxygens (including phenoxy) is 3. The summed E-state index contributed by atoms with van der Waals surface area (Å²) in [5.41, 5.74) is 0.0374. The molecule has 3 atom stereocenters. The zero-order valence-electron chi connectivity index (χ0n) is 26.8. The number of nitrogens with zero attached hydrogens (tertiary/aromatic N) is 5. The second-order valence-corrected chi connectivity index (χ2v) is 13.5. The normalized spacial score (nSPS) is 23.0. The van der Waals surface area contributed by atoms with Gasteiger partial charge in [0.25, 0.3) is 5.56 Å². The van der Waals surface area contributed by atoms with E-state index < -0.39 is 11.4 Å². The third-order valence-corrected chi connectivity index (χ3v) is 8.86. The van der Waals surface area contributed by atoms with E-state index in [1.807, 2.05) is 38.8 Å². The molecular weight excluding hydrogens is 565 g/mol. The maximum atomic E-state index is 15.4. The van der Waals surface area contributed by atoms with E-state index in [1.54, 1.807) is 31.4 Å². The van der Waals surface area contributed by atoms with Gasteiger partial charge < -0.3 is 23.7 Å². The first-order valence-electron chi connectivity index (χ1n) is 14.9. The Morgan fingerprint density at radius 2 is 1.75 bits per heavy atom. The van der Waals surface area contributed by atoms with Gasteiger partial charge in [0.15, 0.2) is 12.6 Å². The molecule has 11 heteroatoms. The number of aryl methyl sites for hydroxylation is 1. The van der Waals surface area contributed by atoms with Gasteiger partial charge in [-0.2, -0.15) is 0 Å². The fourth-order valence-corrected chi connectivity index (χ4v) is 6.69. The Balaban J connectivity index is 1.40. The van der Waals surface area contributed by atoms with Crippen molar-refractivity contribution >= 4 is 11.9 Å². The molecular formula is C33H42FN5O5. The third kappa shape index (κ3) is 6.02. The van der Waals surface area contributed by atoms with Gasteiger partial charge in [0.05, 0.1) is 5.69 Å². The van der Waals surface area contributed by atoms with Crippen molar-refractivity contribution in [3.63, 3.8) is 0 Å². The van der Waals surface area contributed by atoms with Crippen molar-refractivity contribution in [2.45, 2.75) is 83.0 Å². The molecule has 0 aliphatic carbocycles. The molecule has 0 saturated carbocycles. The third-order valence-electron chi connectivity index (χ3n) is 8.86. The Hall–Kier alpha value is -3.99. The Kier molecular flexibility index (Phi) is 8.22. The van der Waals surface area contributed by atoms with Gasteiger partial charge in [0.2, 0.25) is 0 Å². The molecule has 2 fully saturated rings. The van der Waals surface area contributed by atoms with Crippen LogP contribution < -0.4 is 15.2 Å². The van der Waals surface area contributed by atoms with E-state index in [-0.39, 0.29) is 41.1 Å². The minimum Gasteiger partial charge on any atom is -0.467 e. The number of pyridine rings is 1. The Bertz CT molecular complexity index is 1580. The molecule has 236 valence electrons. The summed E-state index contributed by atoms with van der Waals surface area (Å²) in [6.45, 7) is 9.91. The summed E-state index contributed by atoms with van der Waals surface area (Å²) in [4.78, 5) is 29.5. The largest absolute Gasteiger partial charge is 0.467 e. The molecule has 2 bridgehead atoms. The van der Waals surface area contributed by atoms with Gasteiger partial charge in [-0.15, -0.1) is 10.2 Å². The van der Waals surface area contributed by atoms with Crippen molar-refractivity contribution in [1.82, 2.24) is 19.7 Å². The van der Waals surface area contributed by atoms with Gasteiger partial charge in [-0.05, 0) is 96.2 Å². The van der Waals surface area contributed by atoms with Crippen LogP contribution in [-0.4, -0.2) is 69.4 Å². The predicted octanol–water partition coefficient (Wildman–Crippen LogP) is 5.78. The lowest BCUT2D eigenvalue weighted by Crippen LogP contribution is -2.63. The predicted molar refractivity (Wildman–Crippen MR) is 166 cm³/mol. The summed E-state index contributed by atoms with van der Waals surface area (Å²) in [6.07, 6.45) is 4.68.